The minimum atomic E-state index is -0.914. The average Bonchev–Trinajstić information content (AvgIpc) is 2.21. The van der Waals surface area contributed by atoms with Crippen LogP contribution in [-0.2, 0) is 4.79 Å². The topological polar surface area (TPSA) is 63.3 Å². The van der Waals surface area contributed by atoms with E-state index in [2.05, 4.69) is 15.9 Å². The van der Waals surface area contributed by atoms with Crippen molar-refractivity contribution in [3.63, 3.8) is 0 Å². The number of hydrogen-bond donors (Lipinski definition) is 2. The molecule has 1 rings (SSSR count). The Morgan fingerprint density at radius 1 is 1.62 bits per heavy atom. The fourth-order valence-corrected chi connectivity index (χ4v) is 2.05. The van der Waals surface area contributed by atoms with Crippen molar-refractivity contribution in [2.24, 2.45) is 5.73 Å². The van der Waals surface area contributed by atoms with Gasteiger partial charge in [0.2, 0.25) is 0 Å². The molecule has 0 heterocycles. The van der Waals surface area contributed by atoms with Gasteiger partial charge < -0.3 is 10.8 Å². The highest BCUT2D eigenvalue weighted by molar-refractivity contribution is 9.10. The molecule has 1 atom stereocenters. The summed E-state index contributed by atoms with van der Waals surface area (Å²) in [5, 5.41) is 8.48. The minimum absolute atomic E-state index is 0.0323. The summed E-state index contributed by atoms with van der Waals surface area (Å²) in [6.07, 6.45) is 0.248. The molecule has 0 aliphatic carbocycles. The van der Waals surface area contributed by atoms with Crippen molar-refractivity contribution in [1.29, 1.82) is 0 Å². The second-order valence-electron chi connectivity index (χ2n) is 3.34. The molecule has 16 heavy (non-hydrogen) atoms. The Kier molecular flexibility index (Phi) is 4.70. The van der Waals surface area contributed by atoms with E-state index in [0.29, 0.717) is 5.56 Å². The maximum absolute atomic E-state index is 13.2. The van der Waals surface area contributed by atoms with Crippen molar-refractivity contribution in [3.05, 3.63) is 33.0 Å². The van der Waals surface area contributed by atoms with Gasteiger partial charge in [0.25, 0.3) is 0 Å². The Morgan fingerprint density at radius 3 is 2.75 bits per heavy atom. The summed E-state index contributed by atoms with van der Waals surface area (Å²) in [7, 11) is 0. The summed E-state index contributed by atoms with van der Waals surface area (Å²) in [6.45, 7) is 0. The largest absolute Gasteiger partial charge is 0.481 e. The van der Waals surface area contributed by atoms with Crippen LogP contribution in [0.3, 0.4) is 0 Å². The Labute approximate surface area is 106 Å². The summed E-state index contributed by atoms with van der Waals surface area (Å²) in [5.74, 6) is -1.46. The predicted molar refractivity (Wildman–Crippen MR) is 62.9 cm³/mol. The van der Waals surface area contributed by atoms with Crippen LogP contribution in [-0.4, -0.2) is 11.1 Å². The third kappa shape index (κ3) is 3.43. The molecule has 0 spiro atoms. The second kappa shape index (κ2) is 5.61. The van der Waals surface area contributed by atoms with Crippen LogP contribution in [0.15, 0.2) is 16.6 Å². The van der Waals surface area contributed by atoms with Gasteiger partial charge in [0, 0.05) is 12.5 Å². The maximum Gasteiger partial charge on any atom is 0.303 e. The van der Waals surface area contributed by atoms with Crippen LogP contribution < -0.4 is 5.73 Å². The van der Waals surface area contributed by atoms with Crippen molar-refractivity contribution in [2.75, 3.05) is 0 Å². The first-order valence-corrected chi connectivity index (χ1v) is 5.70. The standard InChI is InChI=1S/C10H10BrClFNO2/c11-6-3-5(4-7(12)10(6)13)8(14)1-2-9(15)16/h3-4,8H,1-2,14H2,(H,15,16). The molecule has 0 saturated heterocycles. The molecule has 0 bridgehead atoms. The second-order valence-corrected chi connectivity index (χ2v) is 4.60. The predicted octanol–water partition coefficient (Wildman–Crippen LogP) is 3.11. The number of hydrogen-bond acceptors (Lipinski definition) is 2. The molecule has 0 saturated carbocycles. The third-order valence-corrected chi connectivity index (χ3v) is 2.96. The molecule has 1 aromatic rings. The van der Waals surface area contributed by atoms with E-state index in [9.17, 15) is 9.18 Å². The van der Waals surface area contributed by atoms with Gasteiger partial charge in [-0.15, -0.1) is 0 Å². The van der Waals surface area contributed by atoms with Gasteiger partial charge in [0.15, 0.2) is 5.82 Å². The first-order chi connectivity index (χ1) is 7.41. The Morgan fingerprint density at radius 2 is 2.25 bits per heavy atom. The Balaban J connectivity index is 2.84. The quantitative estimate of drug-likeness (QED) is 0.840. The molecule has 0 fully saturated rings. The van der Waals surface area contributed by atoms with E-state index in [1.807, 2.05) is 0 Å². The highest BCUT2D eigenvalue weighted by Gasteiger charge is 2.13. The number of benzene rings is 1. The molecule has 0 amide bonds. The normalized spacial score (nSPS) is 12.5. The highest BCUT2D eigenvalue weighted by atomic mass is 79.9. The zero-order valence-electron chi connectivity index (χ0n) is 8.21. The average molecular weight is 311 g/mol. The molecule has 0 aromatic heterocycles. The summed E-state index contributed by atoms with van der Waals surface area (Å²) >= 11 is 8.66. The monoisotopic (exact) mass is 309 g/mol. The zero-order chi connectivity index (χ0) is 12.3. The first kappa shape index (κ1) is 13.4. The van der Waals surface area contributed by atoms with Crippen LogP contribution >= 0.6 is 27.5 Å². The Hall–Kier alpha value is -0.650. The summed E-state index contributed by atoms with van der Waals surface area (Å²) in [5.41, 5.74) is 6.38. The van der Waals surface area contributed by atoms with E-state index in [1.54, 1.807) is 0 Å². The summed E-state index contributed by atoms with van der Waals surface area (Å²) in [4.78, 5) is 10.4. The summed E-state index contributed by atoms with van der Waals surface area (Å²) in [6, 6.07) is 2.45. The van der Waals surface area contributed by atoms with Crippen molar-refractivity contribution in [2.45, 2.75) is 18.9 Å². The van der Waals surface area contributed by atoms with Gasteiger partial charge in [0.1, 0.15) is 0 Å². The lowest BCUT2D eigenvalue weighted by Gasteiger charge is -2.12. The number of aliphatic carboxylic acids is 1. The third-order valence-electron chi connectivity index (χ3n) is 2.10. The van der Waals surface area contributed by atoms with Gasteiger partial charge >= 0.3 is 5.97 Å². The van der Waals surface area contributed by atoms with Crippen molar-refractivity contribution >= 4 is 33.5 Å². The van der Waals surface area contributed by atoms with Gasteiger partial charge in [-0.2, -0.15) is 0 Å². The van der Waals surface area contributed by atoms with Crippen LogP contribution in [0.2, 0.25) is 5.02 Å². The molecule has 3 nitrogen and oxygen atoms in total. The van der Waals surface area contributed by atoms with Crippen LogP contribution in [0.5, 0.6) is 0 Å². The van der Waals surface area contributed by atoms with E-state index in [-0.39, 0.29) is 22.3 Å². The van der Waals surface area contributed by atoms with Crippen LogP contribution in [0.25, 0.3) is 0 Å². The lowest BCUT2D eigenvalue weighted by molar-refractivity contribution is -0.137. The lowest BCUT2D eigenvalue weighted by Crippen LogP contribution is -2.12. The fourth-order valence-electron chi connectivity index (χ4n) is 1.23. The van der Waals surface area contributed by atoms with Gasteiger partial charge in [-0.05, 0) is 40.0 Å². The van der Waals surface area contributed by atoms with E-state index >= 15 is 0 Å². The molecular weight excluding hydrogens is 300 g/mol. The van der Waals surface area contributed by atoms with E-state index in [4.69, 9.17) is 22.4 Å². The van der Waals surface area contributed by atoms with Crippen molar-refractivity contribution < 1.29 is 14.3 Å². The van der Waals surface area contributed by atoms with Gasteiger partial charge in [0.05, 0.1) is 9.50 Å². The number of nitrogens with two attached hydrogens (primary N) is 1. The summed E-state index contributed by atoms with van der Waals surface area (Å²) < 4.78 is 13.4. The number of carboxylic acids is 1. The molecule has 6 heteroatoms. The van der Waals surface area contributed by atoms with Gasteiger partial charge in [-0.3, -0.25) is 4.79 Å². The number of halogens is 3. The smallest absolute Gasteiger partial charge is 0.303 e. The molecule has 88 valence electrons. The van der Waals surface area contributed by atoms with Crippen molar-refractivity contribution in [1.82, 2.24) is 0 Å². The lowest BCUT2D eigenvalue weighted by atomic mass is 10.0. The maximum atomic E-state index is 13.2. The fraction of sp³-hybridized carbons (Fsp3) is 0.300. The molecule has 0 aliphatic heterocycles. The molecule has 1 aromatic carbocycles. The number of rotatable bonds is 4. The molecule has 0 radical (unpaired) electrons. The van der Waals surface area contributed by atoms with Gasteiger partial charge in [-0.25, -0.2) is 4.39 Å². The van der Waals surface area contributed by atoms with Crippen LogP contribution in [0.4, 0.5) is 4.39 Å². The van der Waals surface area contributed by atoms with Crippen LogP contribution in [0, 0.1) is 5.82 Å². The zero-order valence-corrected chi connectivity index (χ0v) is 10.6. The number of carbonyl (C=O) groups is 1. The first-order valence-electron chi connectivity index (χ1n) is 4.53. The SMILES string of the molecule is NC(CCC(=O)O)c1cc(Cl)c(F)c(Br)c1. The highest BCUT2D eigenvalue weighted by Crippen LogP contribution is 2.28. The van der Waals surface area contributed by atoms with E-state index in [0.717, 1.165) is 0 Å². The molecule has 3 N–H and O–H groups in total. The molecule has 1 unspecified atom stereocenters. The molecular formula is C10H10BrClFNO2. The molecule has 0 aliphatic rings. The Bertz CT molecular complexity index is 391. The van der Waals surface area contributed by atoms with Gasteiger partial charge in [-0.1, -0.05) is 11.6 Å². The number of carboxylic acid groups (broad SMARTS) is 1. The van der Waals surface area contributed by atoms with Crippen LogP contribution in [0.1, 0.15) is 24.4 Å². The van der Waals surface area contributed by atoms with E-state index in [1.165, 1.54) is 12.1 Å². The van der Waals surface area contributed by atoms with Crippen molar-refractivity contribution in [3.8, 4) is 0 Å². The van der Waals surface area contributed by atoms with E-state index < -0.39 is 17.8 Å². The minimum Gasteiger partial charge on any atom is -0.481 e.